The van der Waals surface area contributed by atoms with E-state index in [1.54, 1.807) is 4.57 Å². The third-order valence-corrected chi connectivity index (χ3v) is 6.51. The number of nitrogens with one attached hydrogen (secondary N) is 1. The number of anilines is 1. The molecular formula is C20H20F4N4O. The van der Waals surface area contributed by atoms with Crippen molar-refractivity contribution < 1.29 is 22.4 Å². The van der Waals surface area contributed by atoms with Crippen molar-refractivity contribution in [3.8, 4) is 6.07 Å². The molecule has 29 heavy (non-hydrogen) atoms. The molecule has 0 saturated heterocycles. The zero-order valence-corrected chi connectivity index (χ0v) is 16.0. The van der Waals surface area contributed by atoms with E-state index in [-0.39, 0.29) is 22.5 Å². The Balaban J connectivity index is 1.69. The van der Waals surface area contributed by atoms with Gasteiger partial charge in [-0.15, -0.1) is 0 Å². The molecule has 2 fully saturated rings. The average molecular weight is 408 g/mol. The Morgan fingerprint density at radius 1 is 1.34 bits per heavy atom. The number of imidazole rings is 1. The molecule has 2 saturated carbocycles. The Bertz CT molecular complexity index is 1050. The van der Waals surface area contributed by atoms with Crippen molar-refractivity contribution in [2.45, 2.75) is 63.1 Å². The maximum absolute atomic E-state index is 14.4. The van der Waals surface area contributed by atoms with Crippen LogP contribution in [0.5, 0.6) is 0 Å². The number of hydrogen-bond donors (Lipinski definition) is 1. The zero-order chi connectivity index (χ0) is 21.2. The number of fused-ring (bicyclic) bond motifs is 1. The average Bonchev–Trinajstić information content (AvgIpc) is 2.99. The van der Waals surface area contributed by atoms with Gasteiger partial charge in [-0.3, -0.25) is 10.1 Å². The number of rotatable bonds is 4. The third kappa shape index (κ3) is 2.80. The molecule has 0 bridgehead atoms. The molecule has 1 aromatic heterocycles. The van der Waals surface area contributed by atoms with Gasteiger partial charge < -0.3 is 4.57 Å². The number of benzene rings is 1. The molecule has 9 heteroatoms. The molecule has 1 amide bonds. The first-order valence-corrected chi connectivity index (χ1v) is 9.48. The van der Waals surface area contributed by atoms with Crippen molar-refractivity contribution in [3.05, 3.63) is 23.5 Å². The summed E-state index contributed by atoms with van der Waals surface area (Å²) in [6.45, 7) is 2.72. The van der Waals surface area contributed by atoms with Crippen LogP contribution in [0.3, 0.4) is 0 Å². The minimum absolute atomic E-state index is 0.0421. The lowest BCUT2D eigenvalue weighted by molar-refractivity contribution is -0.242. The summed E-state index contributed by atoms with van der Waals surface area (Å²) in [7, 11) is 0. The predicted octanol–water partition coefficient (Wildman–Crippen LogP) is 4.66. The maximum atomic E-state index is 14.4. The molecule has 0 aliphatic heterocycles. The van der Waals surface area contributed by atoms with Gasteiger partial charge in [-0.1, -0.05) is 0 Å². The Morgan fingerprint density at radius 2 is 2.03 bits per heavy atom. The first-order chi connectivity index (χ1) is 13.5. The number of aromatic nitrogens is 2. The summed E-state index contributed by atoms with van der Waals surface area (Å²) in [4.78, 5) is 16.7. The van der Waals surface area contributed by atoms with E-state index >= 15 is 0 Å². The molecule has 2 unspecified atom stereocenters. The summed E-state index contributed by atoms with van der Waals surface area (Å²) in [6.07, 6.45) is 1.29. The highest BCUT2D eigenvalue weighted by Crippen LogP contribution is 2.55. The van der Waals surface area contributed by atoms with Crippen molar-refractivity contribution in [2.75, 3.05) is 5.32 Å². The number of alkyl halides is 3. The minimum atomic E-state index is -3.45. The molecule has 154 valence electrons. The number of carbonyl (C=O) groups excluding carboxylic acids is 1. The lowest BCUT2D eigenvalue weighted by Crippen LogP contribution is -2.60. The number of halogens is 4. The monoisotopic (exact) mass is 408 g/mol. The fraction of sp³-hybridized carbons (Fsp3) is 0.550. The lowest BCUT2D eigenvalue weighted by atomic mass is 9.67. The predicted molar refractivity (Wildman–Crippen MR) is 97.7 cm³/mol. The molecule has 1 N–H and O–H groups in total. The van der Waals surface area contributed by atoms with Gasteiger partial charge >= 0.3 is 0 Å². The van der Waals surface area contributed by atoms with Crippen molar-refractivity contribution in [3.63, 3.8) is 0 Å². The van der Waals surface area contributed by atoms with Gasteiger partial charge in [0.2, 0.25) is 11.9 Å². The van der Waals surface area contributed by atoms with Gasteiger partial charge in [0.15, 0.2) is 11.5 Å². The van der Waals surface area contributed by atoms with E-state index in [0.717, 1.165) is 32.3 Å². The van der Waals surface area contributed by atoms with Crippen molar-refractivity contribution in [1.29, 1.82) is 5.26 Å². The number of amides is 1. The quantitative estimate of drug-likeness (QED) is 0.748. The largest absolute Gasteiger partial charge is 0.303 e. The van der Waals surface area contributed by atoms with E-state index in [1.807, 2.05) is 13.0 Å². The van der Waals surface area contributed by atoms with E-state index in [1.165, 1.54) is 6.07 Å². The Hall–Kier alpha value is -2.63. The Morgan fingerprint density at radius 3 is 2.55 bits per heavy atom. The van der Waals surface area contributed by atoms with Gasteiger partial charge in [-0.25, -0.2) is 22.5 Å². The number of nitriles is 1. The standard InChI is InChI=1S/C20H20F4N4O/c1-18(6-3-7-18)28-16-11(10-25)4-5-13(21)15(16)27-17(28)26-14(29)8-12-9-20(23,24)19(12,2)22/h4-5,12H,3,6-9H2,1-2H3,(H,26,27,29). The van der Waals surface area contributed by atoms with Crippen LogP contribution >= 0.6 is 0 Å². The summed E-state index contributed by atoms with van der Waals surface area (Å²) in [5.41, 5.74) is -2.75. The second-order valence-electron chi connectivity index (χ2n) is 8.46. The van der Waals surface area contributed by atoms with Crippen molar-refractivity contribution in [1.82, 2.24) is 9.55 Å². The first kappa shape index (κ1) is 19.7. The second kappa shape index (κ2) is 6.18. The molecule has 2 aliphatic carbocycles. The van der Waals surface area contributed by atoms with Crippen LogP contribution in [0, 0.1) is 23.1 Å². The minimum Gasteiger partial charge on any atom is -0.303 e. The fourth-order valence-electron chi connectivity index (χ4n) is 4.29. The molecular weight excluding hydrogens is 388 g/mol. The number of hydrogen-bond acceptors (Lipinski definition) is 3. The maximum Gasteiger partial charge on any atom is 0.281 e. The van der Waals surface area contributed by atoms with Crippen molar-refractivity contribution >= 4 is 22.9 Å². The number of carbonyl (C=O) groups is 1. The summed E-state index contributed by atoms with van der Waals surface area (Å²) < 4.78 is 57.0. The van der Waals surface area contributed by atoms with Crippen LogP contribution in [-0.4, -0.2) is 27.0 Å². The number of nitrogens with zero attached hydrogens (tertiary/aromatic N) is 3. The normalized spacial score (nSPS) is 27.0. The third-order valence-electron chi connectivity index (χ3n) is 6.51. The fourth-order valence-corrected chi connectivity index (χ4v) is 4.29. The highest BCUT2D eigenvalue weighted by atomic mass is 19.3. The zero-order valence-electron chi connectivity index (χ0n) is 16.0. The molecule has 2 aromatic rings. The molecule has 2 aliphatic rings. The highest BCUT2D eigenvalue weighted by molar-refractivity contribution is 5.93. The molecule has 2 atom stereocenters. The van der Waals surface area contributed by atoms with Gasteiger partial charge in [0, 0.05) is 24.3 Å². The Kier molecular flexibility index (Phi) is 4.19. The van der Waals surface area contributed by atoms with Crippen LogP contribution in [-0.2, 0) is 10.3 Å². The summed E-state index contributed by atoms with van der Waals surface area (Å²) >= 11 is 0. The molecule has 0 spiro atoms. The smallest absolute Gasteiger partial charge is 0.281 e. The highest BCUT2D eigenvalue weighted by Gasteiger charge is 2.66. The Labute approximate surface area is 164 Å². The van der Waals surface area contributed by atoms with Crippen LogP contribution in [0.15, 0.2) is 12.1 Å². The van der Waals surface area contributed by atoms with Crippen LogP contribution < -0.4 is 5.32 Å². The molecule has 0 radical (unpaired) electrons. The van der Waals surface area contributed by atoms with Gasteiger partial charge in [0.05, 0.1) is 11.1 Å². The molecule has 4 rings (SSSR count). The summed E-state index contributed by atoms with van der Waals surface area (Å²) in [5, 5.41) is 12.0. The van der Waals surface area contributed by atoms with Crippen LogP contribution in [0.4, 0.5) is 23.5 Å². The molecule has 5 nitrogen and oxygen atoms in total. The van der Waals surface area contributed by atoms with Gasteiger partial charge in [0.25, 0.3) is 5.92 Å². The van der Waals surface area contributed by atoms with Gasteiger partial charge in [-0.2, -0.15) is 5.26 Å². The van der Waals surface area contributed by atoms with E-state index in [0.29, 0.717) is 0 Å². The summed E-state index contributed by atoms with van der Waals surface area (Å²) in [5.74, 6) is -5.82. The molecule has 1 aromatic carbocycles. The van der Waals surface area contributed by atoms with Crippen LogP contribution in [0.2, 0.25) is 0 Å². The van der Waals surface area contributed by atoms with E-state index in [9.17, 15) is 27.6 Å². The van der Waals surface area contributed by atoms with Crippen molar-refractivity contribution in [2.24, 2.45) is 5.92 Å². The van der Waals surface area contributed by atoms with Crippen LogP contribution in [0.1, 0.15) is 51.5 Å². The second-order valence-corrected chi connectivity index (χ2v) is 8.46. The van der Waals surface area contributed by atoms with Gasteiger partial charge in [0.1, 0.15) is 11.6 Å². The van der Waals surface area contributed by atoms with Gasteiger partial charge in [-0.05, 0) is 45.2 Å². The summed E-state index contributed by atoms with van der Waals surface area (Å²) in [6, 6.07) is 4.51. The topological polar surface area (TPSA) is 70.7 Å². The first-order valence-electron chi connectivity index (χ1n) is 9.48. The van der Waals surface area contributed by atoms with Crippen LogP contribution in [0.25, 0.3) is 11.0 Å². The van der Waals surface area contributed by atoms with E-state index in [4.69, 9.17) is 0 Å². The SMILES string of the molecule is CC1(n2c(NC(=O)CC3CC(F)(F)C3(C)F)nc3c(F)ccc(C#N)c32)CCC1. The van der Waals surface area contributed by atoms with E-state index < -0.39 is 47.6 Å². The van der Waals surface area contributed by atoms with E-state index in [2.05, 4.69) is 10.3 Å². The molecule has 1 heterocycles. The lowest BCUT2D eigenvalue weighted by Gasteiger charge is -2.47.